The molecular formula is C29H46O6. The SMILES string of the molecule is CC[C@H]1C(=O)C2C3CC[C@H]([C@H](C)CCC(=O)OC)[C@@]3(C)CC(O)C2[C@@]2(C)CC[C@@H](OC(C)=O)C[C@@H]12. The molecule has 0 aromatic carbocycles. The van der Waals surface area contributed by atoms with Crippen LogP contribution in [0.4, 0.5) is 0 Å². The quantitative estimate of drug-likeness (QED) is 0.530. The highest BCUT2D eigenvalue weighted by Gasteiger charge is 2.67. The molecular weight excluding hydrogens is 444 g/mol. The van der Waals surface area contributed by atoms with Gasteiger partial charge in [0.15, 0.2) is 0 Å². The summed E-state index contributed by atoms with van der Waals surface area (Å²) in [7, 11) is 1.43. The first-order valence-corrected chi connectivity index (χ1v) is 13.9. The number of fused-ring (bicyclic) bond motifs is 5. The van der Waals surface area contributed by atoms with Gasteiger partial charge in [0.2, 0.25) is 0 Å². The van der Waals surface area contributed by atoms with Crippen molar-refractivity contribution in [3.63, 3.8) is 0 Å². The average molecular weight is 491 g/mol. The molecule has 0 amide bonds. The van der Waals surface area contributed by atoms with Crippen molar-refractivity contribution < 1.29 is 29.0 Å². The van der Waals surface area contributed by atoms with E-state index < -0.39 is 6.10 Å². The van der Waals surface area contributed by atoms with Crippen LogP contribution < -0.4 is 0 Å². The Morgan fingerprint density at radius 1 is 1.14 bits per heavy atom. The zero-order valence-corrected chi connectivity index (χ0v) is 22.5. The van der Waals surface area contributed by atoms with E-state index in [-0.39, 0.29) is 58.5 Å². The minimum Gasteiger partial charge on any atom is -0.469 e. The van der Waals surface area contributed by atoms with Gasteiger partial charge < -0.3 is 14.6 Å². The molecule has 11 atom stereocenters. The van der Waals surface area contributed by atoms with Crippen molar-refractivity contribution in [2.45, 2.75) is 105 Å². The molecule has 4 rings (SSSR count). The van der Waals surface area contributed by atoms with Crippen LogP contribution in [0.1, 0.15) is 92.4 Å². The zero-order valence-electron chi connectivity index (χ0n) is 22.5. The second-order valence-corrected chi connectivity index (χ2v) is 12.7. The molecule has 198 valence electrons. The zero-order chi connectivity index (χ0) is 25.7. The Morgan fingerprint density at radius 3 is 2.49 bits per heavy atom. The smallest absolute Gasteiger partial charge is 0.305 e. The molecule has 1 N–H and O–H groups in total. The third kappa shape index (κ3) is 4.36. The summed E-state index contributed by atoms with van der Waals surface area (Å²) in [6.07, 6.45) is 6.61. The van der Waals surface area contributed by atoms with E-state index in [4.69, 9.17) is 9.47 Å². The number of rotatable bonds is 6. The number of methoxy groups -OCH3 is 1. The van der Waals surface area contributed by atoms with Crippen LogP contribution in [0.3, 0.4) is 0 Å². The van der Waals surface area contributed by atoms with Gasteiger partial charge in [0.25, 0.3) is 0 Å². The van der Waals surface area contributed by atoms with E-state index in [0.29, 0.717) is 24.0 Å². The van der Waals surface area contributed by atoms with Crippen molar-refractivity contribution in [2.75, 3.05) is 7.11 Å². The molecule has 6 heteroatoms. The summed E-state index contributed by atoms with van der Waals surface area (Å²) in [5, 5.41) is 11.8. The van der Waals surface area contributed by atoms with Gasteiger partial charge in [0.05, 0.1) is 13.2 Å². The van der Waals surface area contributed by atoms with Crippen LogP contribution in [0.5, 0.6) is 0 Å². The van der Waals surface area contributed by atoms with Crippen molar-refractivity contribution in [3.05, 3.63) is 0 Å². The molecule has 0 bridgehead atoms. The third-order valence-electron chi connectivity index (χ3n) is 11.2. The molecule has 0 radical (unpaired) electrons. The van der Waals surface area contributed by atoms with Crippen LogP contribution in [0.15, 0.2) is 0 Å². The third-order valence-corrected chi connectivity index (χ3v) is 11.2. The van der Waals surface area contributed by atoms with E-state index >= 15 is 0 Å². The lowest BCUT2D eigenvalue weighted by molar-refractivity contribution is -0.200. The van der Waals surface area contributed by atoms with Crippen LogP contribution in [-0.4, -0.2) is 42.1 Å². The van der Waals surface area contributed by atoms with Crippen molar-refractivity contribution in [2.24, 2.45) is 52.3 Å². The topological polar surface area (TPSA) is 89.9 Å². The largest absolute Gasteiger partial charge is 0.469 e. The number of aliphatic hydroxyl groups is 1. The van der Waals surface area contributed by atoms with Gasteiger partial charge in [-0.25, -0.2) is 0 Å². The molecule has 4 fully saturated rings. The highest BCUT2D eigenvalue weighted by atomic mass is 16.5. The summed E-state index contributed by atoms with van der Waals surface area (Å²) in [5.74, 6) is 0.936. The summed E-state index contributed by atoms with van der Waals surface area (Å²) in [5.41, 5.74) is -0.215. The summed E-state index contributed by atoms with van der Waals surface area (Å²) < 4.78 is 10.5. The highest BCUT2D eigenvalue weighted by Crippen LogP contribution is 2.68. The van der Waals surface area contributed by atoms with Gasteiger partial charge in [0, 0.05) is 31.1 Å². The van der Waals surface area contributed by atoms with Gasteiger partial charge in [-0.15, -0.1) is 0 Å². The maximum Gasteiger partial charge on any atom is 0.305 e. The predicted molar refractivity (Wildman–Crippen MR) is 132 cm³/mol. The molecule has 0 heterocycles. The number of carbonyl (C=O) groups excluding carboxylic acids is 3. The number of Topliss-reactive ketones (excluding diaryl/α,β-unsaturated/α-hetero) is 1. The lowest BCUT2D eigenvalue weighted by atomic mass is 9.41. The summed E-state index contributed by atoms with van der Waals surface area (Å²) in [6, 6.07) is 0. The maximum atomic E-state index is 14.2. The fourth-order valence-corrected chi connectivity index (χ4v) is 9.70. The molecule has 0 saturated heterocycles. The van der Waals surface area contributed by atoms with Gasteiger partial charge >= 0.3 is 11.9 Å². The number of aliphatic hydroxyl groups excluding tert-OH is 1. The molecule has 4 aliphatic carbocycles. The van der Waals surface area contributed by atoms with E-state index in [9.17, 15) is 19.5 Å². The number of carbonyl (C=O) groups is 3. The van der Waals surface area contributed by atoms with Crippen molar-refractivity contribution in [3.8, 4) is 0 Å². The average Bonchev–Trinajstić information content (AvgIpc) is 3.14. The number of hydrogen-bond acceptors (Lipinski definition) is 6. The van der Waals surface area contributed by atoms with E-state index in [1.54, 1.807) is 0 Å². The Balaban J connectivity index is 1.62. The van der Waals surface area contributed by atoms with Crippen LogP contribution >= 0.6 is 0 Å². The lowest BCUT2D eigenvalue weighted by Crippen LogP contribution is -2.64. The van der Waals surface area contributed by atoms with E-state index in [0.717, 1.165) is 51.4 Å². The van der Waals surface area contributed by atoms with Crippen molar-refractivity contribution in [1.29, 1.82) is 0 Å². The Morgan fingerprint density at radius 2 is 1.86 bits per heavy atom. The minimum absolute atomic E-state index is 0.0247. The molecule has 6 nitrogen and oxygen atoms in total. The van der Waals surface area contributed by atoms with Crippen molar-refractivity contribution in [1.82, 2.24) is 0 Å². The molecule has 0 aromatic rings. The summed E-state index contributed by atoms with van der Waals surface area (Å²) in [4.78, 5) is 37.6. The van der Waals surface area contributed by atoms with E-state index in [2.05, 4.69) is 27.7 Å². The second-order valence-electron chi connectivity index (χ2n) is 12.7. The maximum absolute atomic E-state index is 14.2. The van der Waals surface area contributed by atoms with Gasteiger partial charge in [-0.1, -0.05) is 27.7 Å². The predicted octanol–water partition coefficient (Wildman–Crippen LogP) is 4.95. The van der Waals surface area contributed by atoms with Gasteiger partial charge in [-0.05, 0) is 85.9 Å². The number of ketones is 1. The Kier molecular flexibility index (Phi) is 7.45. The first-order chi connectivity index (χ1) is 16.5. The number of esters is 2. The highest BCUT2D eigenvalue weighted by molar-refractivity contribution is 5.86. The first kappa shape index (κ1) is 26.6. The summed E-state index contributed by atoms with van der Waals surface area (Å²) >= 11 is 0. The standard InChI is InChI=1S/C29H46O6/c1-7-19-22-14-18(35-17(3)30)12-13-28(22,4)26-23(31)15-29(5)20(16(2)8-11-24(32)34-6)9-10-21(29)25(26)27(19)33/h16,18-23,25-26,31H,7-15H2,1-6H3/t16-,18-,19-,20-,21?,22+,23?,25?,26?,28+,29-/m1/s1. The van der Waals surface area contributed by atoms with Crippen LogP contribution in [0.2, 0.25) is 0 Å². The van der Waals surface area contributed by atoms with Gasteiger partial charge in [-0.3, -0.25) is 14.4 Å². The monoisotopic (exact) mass is 490 g/mol. The molecule has 0 aliphatic heterocycles. The summed E-state index contributed by atoms with van der Waals surface area (Å²) in [6.45, 7) is 10.4. The lowest BCUT2D eigenvalue weighted by Gasteiger charge is -2.63. The molecule has 0 aromatic heterocycles. The molecule has 35 heavy (non-hydrogen) atoms. The molecule has 0 spiro atoms. The number of hydrogen-bond donors (Lipinski definition) is 1. The molecule has 4 saturated carbocycles. The van der Waals surface area contributed by atoms with Crippen LogP contribution in [0.25, 0.3) is 0 Å². The van der Waals surface area contributed by atoms with Gasteiger partial charge in [-0.2, -0.15) is 0 Å². The Hall–Kier alpha value is -1.43. The first-order valence-electron chi connectivity index (χ1n) is 13.9. The molecule has 4 aliphatic rings. The van der Waals surface area contributed by atoms with Crippen LogP contribution in [-0.2, 0) is 23.9 Å². The number of ether oxygens (including phenoxy) is 2. The van der Waals surface area contributed by atoms with Gasteiger partial charge in [0.1, 0.15) is 11.9 Å². The van der Waals surface area contributed by atoms with Crippen LogP contribution in [0, 0.1) is 52.3 Å². The van der Waals surface area contributed by atoms with E-state index in [1.165, 1.54) is 14.0 Å². The minimum atomic E-state index is -0.505. The fraction of sp³-hybridized carbons (Fsp3) is 0.897. The van der Waals surface area contributed by atoms with E-state index in [1.807, 2.05) is 0 Å². The normalized spacial score (nSPS) is 45.6. The second kappa shape index (κ2) is 9.79. The Bertz CT molecular complexity index is 839. The molecule has 4 unspecified atom stereocenters. The Labute approximate surface area is 210 Å². The fourth-order valence-electron chi connectivity index (χ4n) is 9.70. The van der Waals surface area contributed by atoms with Crippen molar-refractivity contribution >= 4 is 17.7 Å².